The number of rotatable bonds is 4. The number of nitrogens with one attached hydrogen (secondary N) is 2. The van der Waals surface area contributed by atoms with Gasteiger partial charge in [0, 0.05) is 34.8 Å². The van der Waals surface area contributed by atoms with Crippen molar-refractivity contribution in [2.75, 3.05) is 11.1 Å². The van der Waals surface area contributed by atoms with Gasteiger partial charge in [-0.15, -0.1) is 0 Å². The molecule has 4 N–H and O–H groups in total. The molecule has 5 heteroatoms. The Kier molecular flexibility index (Phi) is 4.46. The Balaban J connectivity index is 2.07. The maximum Gasteiger partial charge on any atom is 0.248 e. The van der Waals surface area contributed by atoms with Crippen molar-refractivity contribution in [1.82, 2.24) is 0 Å². The van der Waals surface area contributed by atoms with Crippen LogP contribution in [0.25, 0.3) is 6.08 Å². The lowest BCUT2D eigenvalue weighted by Gasteiger charge is -2.05. The van der Waals surface area contributed by atoms with Gasteiger partial charge in [-0.2, -0.15) is 0 Å². The molecule has 106 valence electrons. The average Bonchev–Trinajstić information content (AvgIpc) is 2.46. The van der Waals surface area contributed by atoms with Gasteiger partial charge in [0.25, 0.3) is 0 Å². The molecule has 0 aliphatic rings. The molecule has 0 saturated heterocycles. The minimum Gasteiger partial charge on any atom is -0.398 e. The van der Waals surface area contributed by atoms with Crippen molar-refractivity contribution in [3.8, 4) is 0 Å². The summed E-state index contributed by atoms with van der Waals surface area (Å²) in [4.78, 5) is 11.8. The lowest BCUT2D eigenvalue weighted by Crippen LogP contribution is -2.08. The second kappa shape index (κ2) is 6.47. The molecule has 0 aromatic heterocycles. The summed E-state index contributed by atoms with van der Waals surface area (Å²) in [5, 5.41) is 9.76. The van der Waals surface area contributed by atoms with Gasteiger partial charge in [-0.3, -0.25) is 4.79 Å². The van der Waals surface area contributed by atoms with Crippen LogP contribution in [0.1, 0.15) is 11.1 Å². The molecule has 2 aromatic carbocycles. The number of halogens is 1. The van der Waals surface area contributed by atoms with Crippen molar-refractivity contribution in [2.45, 2.75) is 0 Å². The smallest absolute Gasteiger partial charge is 0.248 e. The number of hydrogen-bond acceptors (Lipinski definition) is 3. The first-order valence-electron chi connectivity index (χ1n) is 6.24. The zero-order valence-corrected chi connectivity index (χ0v) is 11.1. The highest BCUT2D eigenvalue weighted by atomic mass is 19.1. The minimum absolute atomic E-state index is 0.339. The molecule has 21 heavy (non-hydrogen) atoms. The number of hydrogen-bond donors (Lipinski definition) is 3. The van der Waals surface area contributed by atoms with Crippen LogP contribution in [-0.2, 0) is 4.79 Å². The minimum atomic E-state index is -0.389. The number of carbonyl (C=O) groups excluding carboxylic acids is 1. The van der Waals surface area contributed by atoms with Crippen molar-refractivity contribution in [3.05, 3.63) is 65.5 Å². The van der Waals surface area contributed by atoms with E-state index in [0.717, 1.165) is 6.21 Å². The van der Waals surface area contributed by atoms with Crippen LogP contribution in [0.15, 0.2) is 48.5 Å². The number of benzene rings is 2. The van der Waals surface area contributed by atoms with E-state index in [2.05, 4.69) is 5.32 Å². The Morgan fingerprint density at radius 1 is 1.19 bits per heavy atom. The van der Waals surface area contributed by atoms with Gasteiger partial charge in [-0.25, -0.2) is 4.39 Å². The highest BCUT2D eigenvalue weighted by molar-refractivity contribution is 6.02. The maximum absolute atomic E-state index is 13.4. The number of anilines is 2. The quantitative estimate of drug-likeness (QED) is 0.458. The van der Waals surface area contributed by atoms with Crippen LogP contribution >= 0.6 is 0 Å². The predicted molar refractivity (Wildman–Crippen MR) is 82.8 cm³/mol. The third-order valence-electron chi connectivity index (χ3n) is 2.83. The Bertz CT molecular complexity index is 710. The molecule has 0 heterocycles. The van der Waals surface area contributed by atoms with Gasteiger partial charge in [-0.05, 0) is 30.3 Å². The molecule has 0 fully saturated rings. The maximum atomic E-state index is 13.4. The molecule has 0 bridgehead atoms. The second-order valence-corrected chi connectivity index (χ2v) is 4.33. The average molecular weight is 283 g/mol. The highest BCUT2D eigenvalue weighted by Gasteiger charge is 2.02. The van der Waals surface area contributed by atoms with Crippen LogP contribution in [0, 0.1) is 11.2 Å². The third kappa shape index (κ3) is 3.76. The molecule has 4 nitrogen and oxygen atoms in total. The van der Waals surface area contributed by atoms with Gasteiger partial charge >= 0.3 is 0 Å². The van der Waals surface area contributed by atoms with E-state index < -0.39 is 0 Å². The molecule has 2 aromatic rings. The van der Waals surface area contributed by atoms with E-state index in [1.807, 2.05) is 0 Å². The number of nitrogen functional groups attached to an aromatic ring is 1. The van der Waals surface area contributed by atoms with Gasteiger partial charge in [-0.1, -0.05) is 18.2 Å². The fourth-order valence-corrected chi connectivity index (χ4v) is 1.74. The standard InChI is InChI=1S/C16H14FN3O/c17-14-4-2-1-3-11(14)6-8-16(21)20-13-7-5-12(10-18)15(19)9-13/h1-10,18H,19H2,(H,20,21)/b8-6+,18-10?. The van der Waals surface area contributed by atoms with Crippen molar-refractivity contribution in [1.29, 1.82) is 5.41 Å². The Morgan fingerprint density at radius 2 is 1.95 bits per heavy atom. The molecular formula is C16H14FN3O. The summed E-state index contributed by atoms with van der Waals surface area (Å²) in [6, 6.07) is 11.0. The van der Waals surface area contributed by atoms with Crippen LogP contribution in [0.4, 0.5) is 15.8 Å². The van der Waals surface area contributed by atoms with Gasteiger partial charge in [0.15, 0.2) is 0 Å². The summed E-state index contributed by atoms with van der Waals surface area (Å²) in [6.07, 6.45) is 3.79. The zero-order chi connectivity index (χ0) is 15.2. The Hall–Kier alpha value is -2.95. The lowest BCUT2D eigenvalue weighted by molar-refractivity contribution is -0.111. The fraction of sp³-hybridized carbons (Fsp3) is 0. The summed E-state index contributed by atoms with van der Waals surface area (Å²) in [5.74, 6) is -0.776. The molecule has 2 rings (SSSR count). The van der Waals surface area contributed by atoms with Crippen LogP contribution in [0.5, 0.6) is 0 Å². The molecule has 0 unspecified atom stereocenters. The molecule has 0 radical (unpaired) electrons. The summed E-state index contributed by atoms with van der Waals surface area (Å²) < 4.78 is 13.4. The number of amides is 1. The first-order valence-corrected chi connectivity index (χ1v) is 6.24. The number of nitrogens with two attached hydrogens (primary N) is 1. The molecule has 1 amide bonds. The topological polar surface area (TPSA) is 79.0 Å². The molecule has 0 aliphatic carbocycles. The Morgan fingerprint density at radius 3 is 2.62 bits per heavy atom. The summed E-state index contributed by atoms with van der Waals surface area (Å²) >= 11 is 0. The van der Waals surface area contributed by atoms with E-state index >= 15 is 0 Å². The highest BCUT2D eigenvalue weighted by Crippen LogP contribution is 2.16. The third-order valence-corrected chi connectivity index (χ3v) is 2.83. The predicted octanol–water partition coefficient (Wildman–Crippen LogP) is 3.06. The largest absolute Gasteiger partial charge is 0.398 e. The van der Waals surface area contributed by atoms with Gasteiger partial charge in [0.05, 0.1) is 0 Å². The Labute approximate surface area is 121 Å². The zero-order valence-electron chi connectivity index (χ0n) is 11.1. The summed E-state index contributed by atoms with van der Waals surface area (Å²) in [7, 11) is 0. The van der Waals surface area contributed by atoms with E-state index in [4.69, 9.17) is 11.1 Å². The first-order chi connectivity index (χ1) is 10.1. The van der Waals surface area contributed by atoms with E-state index in [9.17, 15) is 9.18 Å². The molecule has 0 atom stereocenters. The molecular weight excluding hydrogens is 269 g/mol. The second-order valence-electron chi connectivity index (χ2n) is 4.33. The van der Waals surface area contributed by atoms with E-state index in [1.165, 1.54) is 18.2 Å². The molecule has 0 aliphatic heterocycles. The lowest BCUT2D eigenvalue weighted by atomic mass is 10.1. The SMILES string of the molecule is N=Cc1ccc(NC(=O)/C=C/c2ccccc2F)cc1N. The van der Waals surface area contributed by atoms with Crippen LogP contribution < -0.4 is 11.1 Å². The van der Waals surface area contributed by atoms with Gasteiger partial charge in [0.2, 0.25) is 5.91 Å². The number of carbonyl (C=O) groups is 1. The van der Waals surface area contributed by atoms with Crippen LogP contribution in [0.3, 0.4) is 0 Å². The van der Waals surface area contributed by atoms with E-state index in [1.54, 1.807) is 36.4 Å². The summed E-state index contributed by atoms with van der Waals surface area (Å²) in [6.45, 7) is 0. The van der Waals surface area contributed by atoms with Crippen molar-refractivity contribution >= 4 is 29.6 Å². The fourth-order valence-electron chi connectivity index (χ4n) is 1.74. The van der Waals surface area contributed by atoms with Crippen LogP contribution in [-0.4, -0.2) is 12.1 Å². The molecule has 0 saturated carbocycles. The monoisotopic (exact) mass is 283 g/mol. The molecule has 0 spiro atoms. The first kappa shape index (κ1) is 14.5. The summed E-state index contributed by atoms with van der Waals surface area (Å²) in [5.41, 5.74) is 7.56. The van der Waals surface area contributed by atoms with Crippen molar-refractivity contribution in [3.63, 3.8) is 0 Å². The van der Waals surface area contributed by atoms with E-state index in [-0.39, 0.29) is 11.7 Å². The van der Waals surface area contributed by atoms with Crippen molar-refractivity contribution < 1.29 is 9.18 Å². The van der Waals surface area contributed by atoms with Crippen molar-refractivity contribution in [2.24, 2.45) is 0 Å². The van der Waals surface area contributed by atoms with Gasteiger partial charge in [0.1, 0.15) is 5.82 Å². The van der Waals surface area contributed by atoms with Gasteiger partial charge < -0.3 is 16.5 Å². The van der Waals surface area contributed by atoms with Crippen LogP contribution in [0.2, 0.25) is 0 Å². The van der Waals surface area contributed by atoms with E-state index in [0.29, 0.717) is 22.5 Å². The normalized spacial score (nSPS) is 10.5.